The maximum Gasteiger partial charge on any atom is 0.155 e. The monoisotopic (exact) mass is 802 g/mol. The van der Waals surface area contributed by atoms with Crippen molar-refractivity contribution in [3.05, 3.63) is 156 Å². The normalized spacial score (nSPS) is 11.9. The lowest BCUT2D eigenvalue weighted by Crippen LogP contribution is -1.99. The highest BCUT2D eigenvalue weighted by molar-refractivity contribution is 5.83. The van der Waals surface area contributed by atoms with Gasteiger partial charge in [0.2, 0.25) is 0 Å². The molecule has 0 bridgehead atoms. The molecule has 0 saturated carbocycles. The van der Waals surface area contributed by atoms with Crippen LogP contribution in [0.3, 0.4) is 0 Å². The van der Waals surface area contributed by atoms with Gasteiger partial charge in [0, 0.05) is 40.4 Å². The van der Waals surface area contributed by atoms with Gasteiger partial charge < -0.3 is 15.3 Å². The van der Waals surface area contributed by atoms with Gasteiger partial charge >= 0.3 is 0 Å². The summed E-state index contributed by atoms with van der Waals surface area (Å²) in [6, 6.07) is 33.7. The molecule has 6 heterocycles. The molecule has 0 radical (unpaired) electrons. The van der Waals surface area contributed by atoms with Crippen molar-refractivity contribution in [2.45, 2.75) is 105 Å². The molecule has 0 unspecified atom stereocenters. The second-order valence-corrected chi connectivity index (χ2v) is 16.9. The maximum atomic E-state index is 4.28. The van der Waals surface area contributed by atoms with Crippen molar-refractivity contribution in [2.24, 2.45) is 0 Å². The van der Waals surface area contributed by atoms with E-state index in [1.54, 1.807) is 12.7 Å². The molecule has 5 aromatic heterocycles. The molecule has 312 valence electrons. The lowest BCUT2D eigenvalue weighted by molar-refractivity contribution is 0.757. The Hall–Kier alpha value is -6.22. The van der Waals surface area contributed by atoms with Crippen LogP contribution >= 0.6 is 0 Å². The zero-order valence-corrected chi connectivity index (χ0v) is 37.1. The topological polar surface area (TPSA) is 115 Å². The van der Waals surface area contributed by atoms with Gasteiger partial charge in [-0.05, 0) is 106 Å². The van der Waals surface area contributed by atoms with Crippen LogP contribution in [0, 0.1) is 0 Å². The van der Waals surface area contributed by atoms with E-state index in [1.165, 1.54) is 61.9 Å². The number of hydrogen-bond donors (Lipinski definition) is 4. The van der Waals surface area contributed by atoms with Crippen molar-refractivity contribution in [3.63, 3.8) is 0 Å². The van der Waals surface area contributed by atoms with Crippen molar-refractivity contribution in [1.82, 2.24) is 39.7 Å². The molecule has 1 aliphatic rings. The standard InChI is InChI=1S/C11H15N.C11H13N.2C10H12N2.C9H11N3/c2*1-8(2)9-4-3-5-11-10(9)6-7-12-11;1-7(2)8-4-3-5-10-9(8)6-11-12-10;1-7(2)8-4-3-5-9-10(8)12-6-11-9;1-7(2)8-4-3-5-9-10-6-11-12(8)9/h3-5,8,12H,6-7H2,1-2H3;3-8,12H,1-2H3;2*3-7H,1-2H3,(H,11,12);3-7H,1-2H3. The molecular weight excluding hydrogens is 739 g/mol. The minimum atomic E-state index is 0.482. The van der Waals surface area contributed by atoms with E-state index in [0.29, 0.717) is 29.6 Å². The average molecular weight is 802 g/mol. The Balaban J connectivity index is 0.000000126. The third-order valence-corrected chi connectivity index (χ3v) is 10.9. The van der Waals surface area contributed by atoms with Crippen molar-refractivity contribution >= 4 is 44.2 Å². The molecule has 0 amide bonds. The van der Waals surface area contributed by atoms with Gasteiger partial charge in [0.1, 0.15) is 6.33 Å². The van der Waals surface area contributed by atoms with Crippen LogP contribution in [0.15, 0.2) is 122 Å². The van der Waals surface area contributed by atoms with Crippen LogP contribution in [-0.4, -0.2) is 46.3 Å². The van der Waals surface area contributed by atoms with Gasteiger partial charge in [0.05, 0.1) is 29.1 Å². The summed E-state index contributed by atoms with van der Waals surface area (Å²) >= 11 is 0. The summed E-state index contributed by atoms with van der Waals surface area (Å²) in [6.07, 6.45) is 8.42. The highest BCUT2D eigenvalue weighted by Crippen LogP contribution is 2.30. The molecule has 1 aliphatic heterocycles. The molecule has 9 heteroatoms. The molecule has 60 heavy (non-hydrogen) atoms. The highest BCUT2D eigenvalue weighted by atomic mass is 15.3. The lowest BCUT2D eigenvalue weighted by atomic mass is 9.96. The summed E-state index contributed by atoms with van der Waals surface area (Å²) in [5, 5.41) is 17.1. The number of hydrogen-bond acceptors (Lipinski definition) is 5. The maximum absolute atomic E-state index is 4.28. The SMILES string of the molecule is CC(C)c1cccc2[nH]ccc12.CC(C)c1cccc2[nH]cnc12.CC(C)c1cccc2[nH]ncc12.CC(C)c1cccc2c1CCN2.CC(C)c1cccc2ncnn12. The Morgan fingerprint density at radius 1 is 0.550 bits per heavy atom. The van der Waals surface area contributed by atoms with E-state index in [9.17, 15) is 0 Å². The second-order valence-electron chi connectivity index (χ2n) is 16.9. The average Bonchev–Trinajstić information content (AvgIpc) is 4.10. The van der Waals surface area contributed by atoms with Crippen LogP contribution in [0.2, 0.25) is 0 Å². The fourth-order valence-electron chi connectivity index (χ4n) is 7.78. The molecule has 4 aromatic carbocycles. The number of aromatic amines is 3. The van der Waals surface area contributed by atoms with Crippen molar-refractivity contribution < 1.29 is 0 Å². The van der Waals surface area contributed by atoms with Crippen LogP contribution in [0.4, 0.5) is 5.69 Å². The number of nitrogens with zero attached hydrogens (tertiary/aromatic N) is 5. The predicted octanol–water partition coefficient (Wildman–Crippen LogP) is 13.3. The Labute approximate surface area is 355 Å². The number of anilines is 1. The minimum absolute atomic E-state index is 0.482. The second kappa shape index (κ2) is 20.2. The summed E-state index contributed by atoms with van der Waals surface area (Å²) in [7, 11) is 0. The molecule has 0 atom stereocenters. The summed E-state index contributed by atoms with van der Waals surface area (Å²) in [6.45, 7) is 23.1. The van der Waals surface area contributed by atoms with Crippen LogP contribution in [0.5, 0.6) is 0 Å². The Kier molecular flexibility index (Phi) is 14.6. The first-order chi connectivity index (χ1) is 28.9. The van der Waals surface area contributed by atoms with Gasteiger partial charge in [-0.25, -0.2) is 14.5 Å². The summed E-state index contributed by atoms with van der Waals surface area (Å²) in [4.78, 5) is 14.7. The van der Waals surface area contributed by atoms with E-state index in [0.717, 1.165) is 28.7 Å². The minimum Gasteiger partial charge on any atom is -0.384 e. The fourth-order valence-corrected chi connectivity index (χ4v) is 7.78. The molecule has 0 aliphatic carbocycles. The van der Waals surface area contributed by atoms with E-state index in [-0.39, 0.29) is 0 Å². The molecule has 9 nitrogen and oxygen atoms in total. The number of rotatable bonds is 5. The third-order valence-electron chi connectivity index (χ3n) is 10.9. The molecular formula is C51H63N9. The van der Waals surface area contributed by atoms with Crippen LogP contribution in [-0.2, 0) is 6.42 Å². The number of imidazole rings is 1. The van der Waals surface area contributed by atoms with Crippen molar-refractivity contribution in [3.8, 4) is 0 Å². The zero-order valence-electron chi connectivity index (χ0n) is 37.1. The van der Waals surface area contributed by atoms with Crippen LogP contribution < -0.4 is 5.32 Å². The molecule has 9 aromatic rings. The molecule has 4 N–H and O–H groups in total. The number of pyridine rings is 1. The van der Waals surface area contributed by atoms with Crippen molar-refractivity contribution in [2.75, 3.05) is 11.9 Å². The largest absolute Gasteiger partial charge is 0.384 e. The van der Waals surface area contributed by atoms with E-state index in [4.69, 9.17) is 0 Å². The molecule has 0 saturated heterocycles. The smallest absolute Gasteiger partial charge is 0.155 e. The lowest BCUT2D eigenvalue weighted by Gasteiger charge is -2.10. The van der Waals surface area contributed by atoms with E-state index in [2.05, 4.69) is 183 Å². The quantitative estimate of drug-likeness (QED) is 0.138. The van der Waals surface area contributed by atoms with Crippen LogP contribution in [0.25, 0.3) is 38.5 Å². The Morgan fingerprint density at radius 3 is 1.87 bits per heavy atom. The zero-order chi connectivity index (χ0) is 42.8. The third kappa shape index (κ3) is 10.3. The van der Waals surface area contributed by atoms with E-state index >= 15 is 0 Å². The first kappa shape index (κ1) is 43.4. The van der Waals surface area contributed by atoms with E-state index in [1.807, 2.05) is 41.2 Å². The number of nitrogens with one attached hydrogen (secondary N) is 4. The number of fused-ring (bicyclic) bond motifs is 5. The van der Waals surface area contributed by atoms with Gasteiger partial charge in [0.15, 0.2) is 5.65 Å². The van der Waals surface area contributed by atoms with Gasteiger partial charge in [0.25, 0.3) is 0 Å². The molecule has 10 rings (SSSR count). The number of para-hydroxylation sites is 1. The van der Waals surface area contributed by atoms with Gasteiger partial charge in [-0.3, -0.25) is 5.10 Å². The summed E-state index contributed by atoms with van der Waals surface area (Å²) in [5.41, 5.74) is 15.2. The molecule has 0 fully saturated rings. The molecule has 0 spiro atoms. The van der Waals surface area contributed by atoms with Crippen LogP contribution in [0.1, 0.15) is 132 Å². The van der Waals surface area contributed by atoms with Gasteiger partial charge in [-0.15, -0.1) is 0 Å². The summed E-state index contributed by atoms with van der Waals surface area (Å²) in [5.74, 6) is 2.84. The fraction of sp³-hybridized carbons (Fsp3) is 0.333. The summed E-state index contributed by atoms with van der Waals surface area (Å²) < 4.78 is 1.88. The Bertz CT molecular complexity index is 2390. The first-order valence-corrected chi connectivity index (χ1v) is 21.5. The van der Waals surface area contributed by atoms with Gasteiger partial charge in [-0.2, -0.15) is 10.2 Å². The number of benzene rings is 4. The van der Waals surface area contributed by atoms with Crippen molar-refractivity contribution in [1.29, 1.82) is 0 Å². The first-order valence-electron chi connectivity index (χ1n) is 21.5. The van der Waals surface area contributed by atoms with Gasteiger partial charge in [-0.1, -0.05) is 124 Å². The highest BCUT2D eigenvalue weighted by Gasteiger charge is 2.15. The Morgan fingerprint density at radius 2 is 1.17 bits per heavy atom. The van der Waals surface area contributed by atoms with E-state index < -0.39 is 0 Å². The number of aromatic nitrogens is 8. The predicted molar refractivity (Wildman–Crippen MR) is 253 cm³/mol. The number of H-pyrrole nitrogens is 3.